The molecular formula is C28H23F2NO3. The van der Waals surface area contributed by atoms with Gasteiger partial charge in [0.25, 0.3) is 0 Å². The molecule has 2 atom stereocenters. The molecule has 2 aliphatic heterocycles. The van der Waals surface area contributed by atoms with Crippen LogP contribution in [0.2, 0.25) is 0 Å². The van der Waals surface area contributed by atoms with Crippen molar-refractivity contribution in [1.29, 1.82) is 0 Å². The molecule has 1 saturated heterocycles. The largest absolute Gasteiger partial charge is 0.448 e. The predicted molar refractivity (Wildman–Crippen MR) is 124 cm³/mol. The van der Waals surface area contributed by atoms with E-state index < -0.39 is 17.7 Å². The van der Waals surface area contributed by atoms with E-state index in [1.165, 1.54) is 17.2 Å². The van der Waals surface area contributed by atoms with Gasteiger partial charge in [-0.15, -0.1) is 0 Å². The summed E-state index contributed by atoms with van der Waals surface area (Å²) in [5.41, 5.74) is 5.59. The fourth-order valence-corrected chi connectivity index (χ4v) is 5.49. The monoisotopic (exact) mass is 459 g/mol. The third kappa shape index (κ3) is 3.49. The average Bonchev–Trinajstić information content (AvgIpc) is 3.17. The lowest BCUT2D eigenvalue weighted by Gasteiger charge is -2.44. The maximum atomic E-state index is 14.4. The molecule has 1 fully saturated rings. The average molecular weight is 459 g/mol. The van der Waals surface area contributed by atoms with E-state index in [9.17, 15) is 13.6 Å². The molecule has 0 N–H and O–H groups in total. The second kappa shape index (κ2) is 8.37. The van der Waals surface area contributed by atoms with Crippen molar-refractivity contribution in [1.82, 2.24) is 4.90 Å². The number of rotatable bonds is 3. The molecule has 2 heterocycles. The molecule has 1 amide bonds. The van der Waals surface area contributed by atoms with Crippen LogP contribution in [0.25, 0.3) is 16.7 Å². The number of benzene rings is 3. The molecule has 0 radical (unpaired) electrons. The first-order valence-electron chi connectivity index (χ1n) is 11.5. The number of nitrogens with zero attached hydrogens (tertiary/aromatic N) is 1. The summed E-state index contributed by atoms with van der Waals surface area (Å²) in [5.74, 6) is -0.983. The van der Waals surface area contributed by atoms with Crippen molar-refractivity contribution in [2.75, 3.05) is 19.8 Å². The minimum atomic E-state index is -0.488. The van der Waals surface area contributed by atoms with Crippen molar-refractivity contribution in [3.8, 4) is 11.1 Å². The third-order valence-electron chi connectivity index (χ3n) is 7.02. The summed E-state index contributed by atoms with van der Waals surface area (Å²) in [6, 6.07) is 19.2. The van der Waals surface area contributed by atoms with Crippen LogP contribution in [0.3, 0.4) is 0 Å². The van der Waals surface area contributed by atoms with Gasteiger partial charge in [-0.25, -0.2) is 13.6 Å². The first-order chi connectivity index (χ1) is 16.6. The van der Waals surface area contributed by atoms with Gasteiger partial charge < -0.3 is 9.47 Å². The fourth-order valence-electron chi connectivity index (χ4n) is 5.49. The summed E-state index contributed by atoms with van der Waals surface area (Å²) < 4.78 is 39.7. The molecule has 0 aromatic heterocycles. The highest BCUT2D eigenvalue weighted by Crippen LogP contribution is 2.44. The summed E-state index contributed by atoms with van der Waals surface area (Å²) in [6.07, 6.45) is 1.77. The lowest BCUT2D eigenvalue weighted by atomic mass is 9.90. The van der Waals surface area contributed by atoms with Gasteiger partial charge in [0, 0.05) is 11.5 Å². The van der Waals surface area contributed by atoms with Crippen LogP contribution in [-0.4, -0.2) is 42.9 Å². The van der Waals surface area contributed by atoms with Gasteiger partial charge >= 0.3 is 6.09 Å². The van der Waals surface area contributed by atoms with Gasteiger partial charge in [0.1, 0.15) is 18.2 Å². The van der Waals surface area contributed by atoms with Crippen molar-refractivity contribution in [2.45, 2.75) is 24.4 Å². The van der Waals surface area contributed by atoms with Gasteiger partial charge in [0.15, 0.2) is 0 Å². The van der Waals surface area contributed by atoms with Crippen LogP contribution in [0.1, 0.15) is 29.0 Å². The number of hydrogen-bond donors (Lipinski definition) is 0. The Labute approximate surface area is 196 Å². The standard InChI is InChI=1S/C28H23F2NO3/c29-18-9-10-27(30)25(13-18)17-11-19-14-33-15-20(12-17)31(19)28(32)34-16-26-23-7-3-1-5-21(23)22-6-2-4-8-24(22)26/h1-11,13,19-20,26H,12,14-16H2. The Kier molecular flexibility index (Phi) is 5.18. The summed E-state index contributed by atoms with van der Waals surface area (Å²) in [7, 11) is 0. The highest BCUT2D eigenvalue weighted by molar-refractivity contribution is 5.79. The van der Waals surface area contributed by atoms with E-state index >= 15 is 0 Å². The van der Waals surface area contributed by atoms with E-state index in [4.69, 9.17) is 9.47 Å². The Morgan fingerprint density at radius 1 is 0.941 bits per heavy atom. The highest BCUT2D eigenvalue weighted by atomic mass is 19.1. The molecule has 3 aliphatic rings. The lowest BCUT2D eigenvalue weighted by molar-refractivity contribution is -0.0331. The van der Waals surface area contributed by atoms with E-state index in [1.807, 2.05) is 24.3 Å². The van der Waals surface area contributed by atoms with Crippen LogP contribution in [0, 0.1) is 11.6 Å². The SMILES string of the molecule is O=C(OCC1c2ccccc2-c2ccccc21)N1C2C=C(c3cc(F)ccc3F)CC1COC2. The molecule has 34 heavy (non-hydrogen) atoms. The number of fused-ring (bicyclic) bond motifs is 5. The minimum absolute atomic E-state index is 0.0234. The fraction of sp³-hybridized carbons (Fsp3) is 0.250. The smallest absolute Gasteiger partial charge is 0.410 e. The van der Waals surface area contributed by atoms with Gasteiger partial charge in [0.05, 0.1) is 25.3 Å². The molecule has 2 unspecified atom stereocenters. The number of carbonyl (C=O) groups is 1. The first-order valence-corrected chi connectivity index (χ1v) is 11.5. The molecule has 3 aromatic carbocycles. The topological polar surface area (TPSA) is 38.8 Å². The van der Waals surface area contributed by atoms with E-state index in [2.05, 4.69) is 24.3 Å². The molecule has 1 aliphatic carbocycles. The van der Waals surface area contributed by atoms with E-state index in [0.717, 1.165) is 23.3 Å². The van der Waals surface area contributed by atoms with Crippen LogP contribution in [0.15, 0.2) is 72.8 Å². The van der Waals surface area contributed by atoms with Crippen molar-refractivity contribution in [3.05, 3.63) is 101 Å². The Morgan fingerprint density at radius 3 is 2.35 bits per heavy atom. The van der Waals surface area contributed by atoms with Crippen LogP contribution in [0.4, 0.5) is 13.6 Å². The van der Waals surface area contributed by atoms with Crippen LogP contribution >= 0.6 is 0 Å². The molecule has 0 spiro atoms. The third-order valence-corrected chi connectivity index (χ3v) is 7.02. The molecule has 4 nitrogen and oxygen atoms in total. The number of hydrogen-bond acceptors (Lipinski definition) is 3. The Morgan fingerprint density at radius 2 is 1.65 bits per heavy atom. The molecule has 172 valence electrons. The maximum Gasteiger partial charge on any atom is 0.410 e. The van der Waals surface area contributed by atoms with Gasteiger partial charge in [-0.2, -0.15) is 0 Å². The van der Waals surface area contributed by atoms with E-state index in [0.29, 0.717) is 25.2 Å². The predicted octanol–water partition coefficient (Wildman–Crippen LogP) is 5.77. The molecule has 2 bridgehead atoms. The number of halogens is 2. The highest BCUT2D eigenvalue weighted by Gasteiger charge is 2.40. The Bertz CT molecular complexity index is 1260. The zero-order valence-corrected chi connectivity index (χ0v) is 18.4. The summed E-state index contributed by atoms with van der Waals surface area (Å²) >= 11 is 0. The quantitative estimate of drug-likeness (QED) is 0.499. The maximum absolute atomic E-state index is 14.4. The Balaban J connectivity index is 1.23. The number of carbonyl (C=O) groups excluding carboxylic acids is 1. The molecular weight excluding hydrogens is 436 g/mol. The Hall–Kier alpha value is -3.51. The summed E-state index contributed by atoms with van der Waals surface area (Å²) in [5, 5.41) is 0. The molecule has 0 saturated carbocycles. The lowest BCUT2D eigenvalue weighted by Crippen LogP contribution is -2.56. The van der Waals surface area contributed by atoms with Gasteiger partial charge in [0.2, 0.25) is 0 Å². The zero-order valence-electron chi connectivity index (χ0n) is 18.4. The van der Waals surface area contributed by atoms with Gasteiger partial charge in [-0.05, 0) is 52.4 Å². The van der Waals surface area contributed by atoms with Crippen molar-refractivity contribution < 1.29 is 23.0 Å². The number of ether oxygens (including phenoxy) is 2. The number of amides is 1. The van der Waals surface area contributed by atoms with Gasteiger partial charge in [-0.3, -0.25) is 4.90 Å². The van der Waals surface area contributed by atoms with E-state index in [-0.39, 0.29) is 30.2 Å². The van der Waals surface area contributed by atoms with Crippen molar-refractivity contribution in [3.63, 3.8) is 0 Å². The molecule has 6 heteroatoms. The van der Waals surface area contributed by atoms with Crippen molar-refractivity contribution >= 4 is 11.7 Å². The van der Waals surface area contributed by atoms with E-state index in [1.54, 1.807) is 11.0 Å². The second-order valence-electron chi connectivity index (χ2n) is 8.99. The molecule has 6 rings (SSSR count). The first kappa shape index (κ1) is 21.1. The van der Waals surface area contributed by atoms with Crippen molar-refractivity contribution in [2.24, 2.45) is 0 Å². The normalized spacial score (nSPS) is 21.0. The second-order valence-corrected chi connectivity index (χ2v) is 8.99. The van der Waals surface area contributed by atoms with Crippen LogP contribution in [-0.2, 0) is 9.47 Å². The van der Waals surface area contributed by atoms with Crippen LogP contribution < -0.4 is 0 Å². The van der Waals surface area contributed by atoms with Gasteiger partial charge in [-0.1, -0.05) is 54.6 Å². The minimum Gasteiger partial charge on any atom is -0.448 e. The molecule has 3 aromatic rings. The number of morpholine rings is 1. The summed E-state index contributed by atoms with van der Waals surface area (Å²) in [6.45, 7) is 0.856. The summed E-state index contributed by atoms with van der Waals surface area (Å²) in [4.78, 5) is 14.9. The zero-order chi connectivity index (χ0) is 23.2. The van der Waals surface area contributed by atoms with Crippen LogP contribution in [0.5, 0.6) is 0 Å².